The Hall–Kier alpha value is -0.620. The highest BCUT2D eigenvalue weighted by molar-refractivity contribution is 7.91. The first-order valence-corrected chi connectivity index (χ1v) is 10.9. The fourth-order valence-corrected chi connectivity index (χ4v) is 6.52. The molecule has 0 N–H and O–H groups in total. The molecular weight excluding hydrogens is 326 g/mol. The summed E-state index contributed by atoms with van der Waals surface area (Å²) >= 11 is 0. The van der Waals surface area contributed by atoms with Crippen molar-refractivity contribution in [3.05, 3.63) is 0 Å². The van der Waals surface area contributed by atoms with Crippen LogP contribution in [0.15, 0.2) is 0 Å². The lowest BCUT2D eigenvalue weighted by atomic mass is 9.67. The maximum Gasteiger partial charge on any atom is 0.223 e. The predicted molar refractivity (Wildman–Crippen MR) is 95.6 cm³/mol. The number of carbonyl (C=O) groups excluding carboxylic acids is 1. The van der Waals surface area contributed by atoms with Crippen molar-refractivity contribution >= 4 is 15.7 Å². The van der Waals surface area contributed by atoms with Crippen LogP contribution in [-0.2, 0) is 19.4 Å². The highest BCUT2D eigenvalue weighted by atomic mass is 32.2. The van der Waals surface area contributed by atoms with Gasteiger partial charge in [0.25, 0.3) is 0 Å². The molecular formula is C18H33NO4S. The first-order chi connectivity index (χ1) is 11.1. The monoisotopic (exact) mass is 359 g/mol. The number of nitrogens with zero attached hydrogens (tertiary/aromatic N) is 1. The molecule has 2 rings (SSSR count). The first kappa shape index (κ1) is 19.7. The van der Waals surface area contributed by atoms with E-state index in [0.717, 1.165) is 12.8 Å². The van der Waals surface area contributed by atoms with Crippen molar-refractivity contribution in [3.8, 4) is 0 Å². The number of hydrogen-bond donors (Lipinski definition) is 0. The summed E-state index contributed by atoms with van der Waals surface area (Å²) < 4.78 is 28.7. The minimum Gasteiger partial charge on any atom is -0.383 e. The van der Waals surface area contributed by atoms with E-state index in [1.54, 1.807) is 12.0 Å². The van der Waals surface area contributed by atoms with Gasteiger partial charge >= 0.3 is 0 Å². The van der Waals surface area contributed by atoms with E-state index in [9.17, 15) is 13.2 Å². The Morgan fingerprint density at radius 1 is 1.29 bits per heavy atom. The van der Waals surface area contributed by atoms with Crippen molar-refractivity contribution < 1.29 is 17.9 Å². The number of sulfone groups is 1. The molecule has 2 fully saturated rings. The molecule has 0 radical (unpaired) electrons. The predicted octanol–water partition coefficient (Wildman–Crippen LogP) is 2.50. The number of ether oxygens (including phenoxy) is 1. The van der Waals surface area contributed by atoms with Gasteiger partial charge in [-0.1, -0.05) is 20.8 Å². The Balaban J connectivity index is 2.02. The molecule has 3 unspecified atom stereocenters. The van der Waals surface area contributed by atoms with Crippen LogP contribution in [0.2, 0.25) is 0 Å². The quantitative estimate of drug-likeness (QED) is 0.731. The number of rotatable bonds is 6. The van der Waals surface area contributed by atoms with Gasteiger partial charge in [-0.3, -0.25) is 4.79 Å². The summed E-state index contributed by atoms with van der Waals surface area (Å²) in [6.45, 7) is 7.78. The molecule has 3 atom stereocenters. The van der Waals surface area contributed by atoms with Gasteiger partial charge < -0.3 is 9.64 Å². The van der Waals surface area contributed by atoms with Crippen molar-refractivity contribution in [2.75, 3.05) is 31.8 Å². The summed E-state index contributed by atoms with van der Waals surface area (Å²) in [7, 11) is -1.38. The van der Waals surface area contributed by atoms with Crippen LogP contribution in [0, 0.1) is 17.3 Å². The molecule has 0 aromatic heterocycles. The molecule has 1 aliphatic heterocycles. The molecule has 0 aromatic carbocycles. The first-order valence-electron chi connectivity index (χ1n) is 9.11. The lowest BCUT2D eigenvalue weighted by Gasteiger charge is -2.39. The molecule has 0 bridgehead atoms. The van der Waals surface area contributed by atoms with Crippen LogP contribution >= 0.6 is 0 Å². The van der Waals surface area contributed by atoms with Gasteiger partial charge in [0, 0.05) is 26.1 Å². The van der Waals surface area contributed by atoms with Crippen LogP contribution in [0.25, 0.3) is 0 Å². The Kier molecular flexibility index (Phi) is 6.35. The largest absolute Gasteiger partial charge is 0.383 e. The third-order valence-corrected chi connectivity index (χ3v) is 7.20. The summed E-state index contributed by atoms with van der Waals surface area (Å²) in [5, 5.41) is 0. The molecule has 1 amide bonds. The molecule has 1 heterocycles. The van der Waals surface area contributed by atoms with E-state index in [1.807, 2.05) is 0 Å². The molecule has 1 saturated carbocycles. The summed E-state index contributed by atoms with van der Waals surface area (Å²) in [5.41, 5.74) is 0.288. The van der Waals surface area contributed by atoms with Gasteiger partial charge in [-0.2, -0.15) is 0 Å². The second kappa shape index (κ2) is 7.73. The molecule has 24 heavy (non-hydrogen) atoms. The zero-order chi connectivity index (χ0) is 18.0. The van der Waals surface area contributed by atoms with Crippen molar-refractivity contribution in [1.82, 2.24) is 4.90 Å². The zero-order valence-corrected chi connectivity index (χ0v) is 16.4. The molecule has 1 aliphatic carbocycles. The van der Waals surface area contributed by atoms with Crippen LogP contribution in [0.4, 0.5) is 0 Å². The van der Waals surface area contributed by atoms with Gasteiger partial charge in [0.15, 0.2) is 9.84 Å². The second-order valence-electron chi connectivity index (χ2n) is 8.62. The standard InChI is InChI=1S/C18H33NO4S/c1-14-9-15(12-18(2,3)11-14)10-17(20)19(6-7-23-4)16-5-8-24(21,22)13-16/h14-16H,5-13H2,1-4H3. The second-order valence-corrected chi connectivity index (χ2v) is 10.8. The maximum atomic E-state index is 12.9. The third-order valence-electron chi connectivity index (χ3n) is 5.45. The van der Waals surface area contributed by atoms with Gasteiger partial charge in [0.2, 0.25) is 5.91 Å². The SMILES string of the molecule is COCCN(C(=O)CC1CC(C)CC(C)(C)C1)C1CCS(=O)(=O)C1. The average molecular weight is 360 g/mol. The van der Waals surface area contributed by atoms with E-state index >= 15 is 0 Å². The Bertz CT molecular complexity index is 543. The highest BCUT2D eigenvalue weighted by Gasteiger charge is 2.37. The van der Waals surface area contributed by atoms with E-state index in [2.05, 4.69) is 20.8 Å². The van der Waals surface area contributed by atoms with Crippen LogP contribution in [-0.4, -0.2) is 57.0 Å². The topological polar surface area (TPSA) is 63.7 Å². The Labute approximate surface area is 147 Å². The highest BCUT2D eigenvalue weighted by Crippen LogP contribution is 2.43. The molecule has 140 valence electrons. The van der Waals surface area contributed by atoms with Crippen molar-refractivity contribution in [2.24, 2.45) is 17.3 Å². The van der Waals surface area contributed by atoms with Crippen LogP contribution in [0.5, 0.6) is 0 Å². The van der Waals surface area contributed by atoms with E-state index in [0.29, 0.717) is 37.8 Å². The van der Waals surface area contributed by atoms with E-state index in [4.69, 9.17) is 4.74 Å². The number of amides is 1. The van der Waals surface area contributed by atoms with E-state index in [1.165, 1.54) is 6.42 Å². The van der Waals surface area contributed by atoms with Gasteiger partial charge in [-0.15, -0.1) is 0 Å². The zero-order valence-electron chi connectivity index (χ0n) is 15.6. The Morgan fingerprint density at radius 2 is 2.00 bits per heavy atom. The molecule has 2 aliphatic rings. The van der Waals surface area contributed by atoms with Gasteiger partial charge in [-0.05, 0) is 42.9 Å². The average Bonchev–Trinajstić information content (AvgIpc) is 2.77. The lowest BCUT2D eigenvalue weighted by molar-refractivity contribution is -0.135. The van der Waals surface area contributed by atoms with Crippen LogP contribution < -0.4 is 0 Å². The minimum atomic E-state index is -2.99. The van der Waals surface area contributed by atoms with Gasteiger partial charge in [0.05, 0.1) is 18.1 Å². The number of hydrogen-bond acceptors (Lipinski definition) is 4. The summed E-state index contributed by atoms with van der Waals surface area (Å²) in [4.78, 5) is 14.7. The molecule has 0 spiro atoms. The van der Waals surface area contributed by atoms with Crippen LogP contribution in [0.3, 0.4) is 0 Å². The van der Waals surface area contributed by atoms with Crippen molar-refractivity contribution in [3.63, 3.8) is 0 Å². The van der Waals surface area contributed by atoms with E-state index in [-0.39, 0.29) is 28.9 Å². The number of carbonyl (C=O) groups is 1. The van der Waals surface area contributed by atoms with Crippen molar-refractivity contribution in [2.45, 2.75) is 58.9 Å². The summed E-state index contributed by atoms with van der Waals surface area (Å²) in [6, 6.07) is -0.174. The van der Waals surface area contributed by atoms with Gasteiger partial charge in [0.1, 0.15) is 0 Å². The third kappa shape index (κ3) is 5.45. The molecule has 0 aromatic rings. The number of methoxy groups -OCH3 is 1. The summed E-state index contributed by atoms with van der Waals surface area (Å²) in [6.07, 6.45) is 4.48. The van der Waals surface area contributed by atoms with Gasteiger partial charge in [-0.25, -0.2) is 8.42 Å². The van der Waals surface area contributed by atoms with Crippen LogP contribution in [0.1, 0.15) is 52.9 Å². The smallest absolute Gasteiger partial charge is 0.223 e. The molecule has 5 nitrogen and oxygen atoms in total. The fraction of sp³-hybridized carbons (Fsp3) is 0.944. The molecule has 6 heteroatoms. The van der Waals surface area contributed by atoms with Crippen molar-refractivity contribution in [1.29, 1.82) is 0 Å². The maximum absolute atomic E-state index is 12.9. The normalized spacial score (nSPS) is 31.8. The Morgan fingerprint density at radius 3 is 2.54 bits per heavy atom. The lowest BCUT2D eigenvalue weighted by Crippen LogP contribution is -2.44. The summed E-state index contributed by atoms with van der Waals surface area (Å²) in [5.74, 6) is 1.45. The molecule has 1 saturated heterocycles. The van der Waals surface area contributed by atoms with E-state index < -0.39 is 9.84 Å². The minimum absolute atomic E-state index is 0.101. The fourth-order valence-electron chi connectivity index (χ4n) is 4.79.